The summed E-state index contributed by atoms with van der Waals surface area (Å²) in [7, 11) is -3.75. The van der Waals surface area contributed by atoms with Gasteiger partial charge in [-0.15, -0.1) is 0 Å². The molecule has 0 saturated heterocycles. The van der Waals surface area contributed by atoms with E-state index in [1.54, 1.807) is 0 Å². The van der Waals surface area contributed by atoms with E-state index in [2.05, 4.69) is 19.4 Å². The Bertz CT molecular complexity index is 579. The van der Waals surface area contributed by atoms with E-state index in [0.717, 1.165) is 0 Å². The first-order valence-electron chi connectivity index (χ1n) is 4.22. The zero-order chi connectivity index (χ0) is 11.6. The highest BCUT2D eigenvalue weighted by atomic mass is 32.2. The predicted octanol–water partition coefficient (Wildman–Crippen LogP) is 0.453. The van der Waals surface area contributed by atoms with Crippen LogP contribution in [0.2, 0.25) is 0 Å². The molecule has 84 valence electrons. The van der Waals surface area contributed by atoms with Crippen LogP contribution in [0, 0.1) is 0 Å². The highest BCUT2D eigenvalue weighted by Crippen LogP contribution is 2.18. The molecule has 7 nitrogen and oxygen atoms in total. The Morgan fingerprint density at radius 2 is 2.25 bits per heavy atom. The molecule has 0 radical (unpaired) electrons. The molecule has 0 amide bonds. The van der Waals surface area contributed by atoms with Crippen LogP contribution in [0.4, 0.5) is 11.5 Å². The van der Waals surface area contributed by atoms with E-state index in [1.807, 2.05) is 0 Å². The van der Waals surface area contributed by atoms with Gasteiger partial charge in [0, 0.05) is 6.20 Å². The van der Waals surface area contributed by atoms with Crippen LogP contribution < -0.4 is 10.5 Å². The van der Waals surface area contributed by atoms with Crippen LogP contribution in [0.15, 0.2) is 40.2 Å². The molecular formula is C8H8N4O3S. The maximum atomic E-state index is 11.8. The highest BCUT2D eigenvalue weighted by molar-refractivity contribution is 7.92. The molecule has 8 heteroatoms. The number of sulfonamides is 1. The van der Waals surface area contributed by atoms with Crippen molar-refractivity contribution in [2.75, 3.05) is 10.5 Å². The summed E-state index contributed by atoms with van der Waals surface area (Å²) < 4.78 is 30.4. The van der Waals surface area contributed by atoms with Gasteiger partial charge < -0.3 is 10.3 Å². The van der Waals surface area contributed by atoms with Gasteiger partial charge in [-0.2, -0.15) is 0 Å². The predicted molar refractivity (Wildman–Crippen MR) is 56.0 cm³/mol. The fraction of sp³-hybridized carbons (Fsp3) is 0. The van der Waals surface area contributed by atoms with Gasteiger partial charge in [0.1, 0.15) is 22.7 Å². The zero-order valence-electron chi connectivity index (χ0n) is 7.99. The third-order valence-corrected chi connectivity index (χ3v) is 3.20. The lowest BCUT2D eigenvalue weighted by Crippen LogP contribution is -2.14. The summed E-state index contributed by atoms with van der Waals surface area (Å²) in [6.07, 6.45) is 3.82. The minimum absolute atomic E-state index is 0.0635. The van der Waals surface area contributed by atoms with Crippen molar-refractivity contribution in [3.8, 4) is 0 Å². The molecule has 0 bridgehead atoms. The summed E-state index contributed by atoms with van der Waals surface area (Å²) in [5, 5.41) is 3.37. The van der Waals surface area contributed by atoms with Gasteiger partial charge >= 0.3 is 0 Å². The van der Waals surface area contributed by atoms with Gasteiger partial charge in [-0.1, -0.05) is 5.16 Å². The number of aromatic nitrogens is 2. The third-order valence-electron chi connectivity index (χ3n) is 1.77. The first-order valence-corrected chi connectivity index (χ1v) is 5.70. The number of hydrogen-bond donors (Lipinski definition) is 2. The smallest absolute Gasteiger partial charge is 0.265 e. The van der Waals surface area contributed by atoms with Crippen molar-refractivity contribution in [1.29, 1.82) is 0 Å². The van der Waals surface area contributed by atoms with Crippen molar-refractivity contribution in [1.82, 2.24) is 10.1 Å². The molecule has 0 fully saturated rings. The molecule has 16 heavy (non-hydrogen) atoms. The van der Waals surface area contributed by atoms with E-state index in [9.17, 15) is 8.42 Å². The number of nitrogens with one attached hydrogen (secondary N) is 1. The summed E-state index contributed by atoms with van der Waals surface area (Å²) in [6, 6.07) is 2.84. The van der Waals surface area contributed by atoms with Crippen LogP contribution in [0.5, 0.6) is 0 Å². The number of anilines is 2. The van der Waals surface area contributed by atoms with Gasteiger partial charge in [0.2, 0.25) is 0 Å². The minimum atomic E-state index is -3.75. The molecule has 0 saturated carbocycles. The lowest BCUT2D eigenvalue weighted by Gasteiger charge is -2.06. The van der Waals surface area contributed by atoms with E-state index in [-0.39, 0.29) is 16.4 Å². The fourth-order valence-corrected chi connectivity index (χ4v) is 2.20. The Balaban J connectivity index is 2.37. The first-order chi connectivity index (χ1) is 7.59. The molecule has 3 N–H and O–H groups in total. The molecule has 2 heterocycles. The van der Waals surface area contributed by atoms with Crippen LogP contribution in [0.3, 0.4) is 0 Å². The largest absolute Gasteiger partial charge is 0.383 e. The molecule has 0 aliphatic rings. The molecule has 0 unspecified atom stereocenters. The monoisotopic (exact) mass is 240 g/mol. The number of pyridine rings is 1. The summed E-state index contributed by atoms with van der Waals surface area (Å²) in [4.78, 5) is 3.61. The van der Waals surface area contributed by atoms with Gasteiger partial charge in [-0.3, -0.25) is 4.72 Å². The molecule has 0 atom stereocenters. The highest BCUT2D eigenvalue weighted by Gasteiger charge is 2.18. The van der Waals surface area contributed by atoms with Crippen molar-refractivity contribution < 1.29 is 12.9 Å². The van der Waals surface area contributed by atoms with Crippen molar-refractivity contribution in [2.24, 2.45) is 0 Å². The van der Waals surface area contributed by atoms with Gasteiger partial charge in [-0.25, -0.2) is 13.4 Å². The number of nitrogens with zero attached hydrogens (tertiary/aromatic N) is 2. The Morgan fingerprint density at radius 3 is 2.88 bits per heavy atom. The Morgan fingerprint density at radius 1 is 1.44 bits per heavy atom. The lowest BCUT2D eigenvalue weighted by molar-refractivity contribution is 0.420. The average Bonchev–Trinajstić information content (AvgIpc) is 2.70. The van der Waals surface area contributed by atoms with E-state index in [1.165, 1.54) is 30.8 Å². The van der Waals surface area contributed by atoms with Crippen molar-refractivity contribution in [3.05, 3.63) is 30.8 Å². The van der Waals surface area contributed by atoms with Crippen molar-refractivity contribution in [3.63, 3.8) is 0 Å². The van der Waals surface area contributed by atoms with Crippen LogP contribution in [0.25, 0.3) is 0 Å². The van der Waals surface area contributed by atoms with Crippen LogP contribution in [-0.4, -0.2) is 18.6 Å². The van der Waals surface area contributed by atoms with Crippen LogP contribution in [-0.2, 0) is 10.0 Å². The quantitative estimate of drug-likeness (QED) is 0.805. The second-order valence-corrected chi connectivity index (χ2v) is 4.56. The van der Waals surface area contributed by atoms with E-state index in [4.69, 9.17) is 5.73 Å². The molecular weight excluding hydrogens is 232 g/mol. The van der Waals surface area contributed by atoms with Gasteiger partial charge in [0.05, 0.1) is 6.20 Å². The molecule has 0 spiro atoms. The Kier molecular flexibility index (Phi) is 2.49. The van der Waals surface area contributed by atoms with Crippen molar-refractivity contribution >= 4 is 21.5 Å². The van der Waals surface area contributed by atoms with Crippen LogP contribution >= 0.6 is 0 Å². The Hall–Kier alpha value is -2.09. The molecule has 2 aromatic heterocycles. The molecule has 2 aromatic rings. The standard InChI is InChI=1S/C8H8N4O3S/c9-8-7(2-1-3-10-8)16(13,14)12-6-4-11-15-5-6/h1-5,12H,(H2,9,10). The summed E-state index contributed by atoms with van der Waals surface area (Å²) in [5.41, 5.74) is 5.69. The lowest BCUT2D eigenvalue weighted by atomic mass is 10.5. The van der Waals surface area contributed by atoms with Gasteiger partial charge in [0.25, 0.3) is 10.0 Å². The number of nitrogen functional groups attached to an aromatic ring is 1. The third kappa shape index (κ3) is 1.96. The topological polar surface area (TPSA) is 111 Å². The maximum Gasteiger partial charge on any atom is 0.265 e. The van der Waals surface area contributed by atoms with Gasteiger partial charge in [0.15, 0.2) is 0 Å². The molecule has 0 aromatic carbocycles. The fourth-order valence-electron chi connectivity index (χ4n) is 1.10. The zero-order valence-corrected chi connectivity index (χ0v) is 8.81. The SMILES string of the molecule is Nc1ncccc1S(=O)(=O)Nc1cnoc1. The molecule has 2 rings (SSSR count). The Labute approximate surface area is 91.3 Å². The number of nitrogens with two attached hydrogens (primary N) is 1. The maximum absolute atomic E-state index is 11.8. The second-order valence-electron chi connectivity index (χ2n) is 2.91. The molecule has 0 aliphatic heterocycles. The minimum Gasteiger partial charge on any atom is -0.383 e. The van der Waals surface area contributed by atoms with Crippen molar-refractivity contribution in [2.45, 2.75) is 4.90 Å². The number of hydrogen-bond acceptors (Lipinski definition) is 6. The first kappa shape index (κ1) is 10.4. The van der Waals surface area contributed by atoms with E-state index in [0.29, 0.717) is 0 Å². The second kappa shape index (κ2) is 3.81. The van der Waals surface area contributed by atoms with Gasteiger partial charge in [-0.05, 0) is 12.1 Å². The van der Waals surface area contributed by atoms with E-state index >= 15 is 0 Å². The van der Waals surface area contributed by atoms with E-state index < -0.39 is 10.0 Å². The van der Waals surface area contributed by atoms with Crippen LogP contribution in [0.1, 0.15) is 0 Å². The number of rotatable bonds is 3. The summed E-state index contributed by atoms with van der Waals surface area (Å²) >= 11 is 0. The summed E-state index contributed by atoms with van der Waals surface area (Å²) in [6.45, 7) is 0. The molecule has 0 aliphatic carbocycles. The average molecular weight is 240 g/mol. The normalized spacial score (nSPS) is 11.2. The summed E-state index contributed by atoms with van der Waals surface area (Å²) in [5.74, 6) is -0.0635.